The van der Waals surface area contributed by atoms with E-state index in [1.54, 1.807) is 6.07 Å². The molecule has 106 valence electrons. The standard InChI is InChI=1S/C15H20BrFO2/c16-13-7-6-12(17)8-11(13)9-14(18)15(19)10-4-2-1-3-5-10/h6-8,10,14-15,18-19H,1-5,9H2. The van der Waals surface area contributed by atoms with E-state index < -0.39 is 12.2 Å². The van der Waals surface area contributed by atoms with E-state index in [0.717, 1.165) is 30.2 Å². The molecule has 1 aromatic carbocycles. The number of aliphatic hydroxyl groups excluding tert-OH is 2. The summed E-state index contributed by atoms with van der Waals surface area (Å²) >= 11 is 3.34. The molecule has 0 aliphatic heterocycles. The van der Waals surface area contributed by atoms with Crippen molar-refractivity contribution in [3.63, 3.8) is 0 Å². The van der Waals surface area contributed by atoms with Crippen LogP contribution in [0.2, 0.25) is 0 Å². The lowest BCUT2D eigenvalue weighted by Gasteiger charge is -2.30. The van der Waals surface area contributed by atoms with Crippen LogP contribution in [0.5, 0.6) is 0 Å². The van der Waals surface area contributed by atoms with Crippen molar-refractivity contribution in [1.82, 2.24) is 0 Å². The lowest BCUT2D eigenvalue weighted by molar-refractivity contribution is -0.0264. The van der Waals surface area contributed by atoms with Crippen LogP contribution < -0.4 is 0 Å². The summed E-state index contributed by atoms with van der Waals surface area (Å²) in [7, 11) is 0. The average Bonchev–Trinajstić information content (AvgIpc) is 2.43. The maximum atomic E-state index is 13.2. The largest absolute Gasteiger partial charge is 0.390 e. The summed E-state index contributed by atoms with van der Waals surface area (Å²) in [6.45, 7) is 0. The maximum Gasteiger partial charge on any atom is 0.123 e. The second kappa shape index (κ2) is 6.82. The Labute approximate surface area is 121 Å². The highest BCUT2D eigenvalue weighted by Gasteiger charge is 2.28. The van der Waals surface area contributed by atoms with Crippen molar-refractivity contribution in [3.8, 4) is 0 Å². The third-order valence-electron chi connectivity index (χ3n) is 3.96. The fourth-order valence-electron chi connectivity index (χ4n) is 2.84. The van der Waals surface area contributed by atoms with Gasteiger partial charge in [0.25, 0.3) is 0 Å². The van der Waals surface area contributed by atoms with E-state index in [1.807, 2.05) is 0 Å². The van der Waals surface area contributed by atoms with Crippen LogP contribution >= 0.6 is 15.9 Å². The van der Waals surface area contributed by atoms with Gasteiger partial charge in [0.05, 0.1) is 12.2 Å². The minimum Gasteiger partial charge on any atom is -0.390 e. The molecule has 4 heteroatoms. The molecule has 0 saturated heterocycles. The van der Waals surface area contributed by atoms with Crippen LogP contribution in [0, 0.1) is 11.7 Å². The lowest BCUT2D eigenvalue weighted by atomic mass is 9.82. The summed E-state index contributed by atoms with van der Waals surface area (Å²) in [5, 5.41) is 20.4. The molecule has 1 aliphatic carbocycles. The molecule has 1 saturated carbocycles. The number of hydrogen-bond donors (Lipinski definition) is 2. The van der Waals surface area contributed by atoms with Gasteiger partial charge in [-0.2, -0.15) is 0 Å². The Balaban J connectivity index is 1.99. The van der Waals surface area contributed by atoms with Gasteiger partial charge < -0.3 is 10.2 Å². The van der Waals surface area contributed by atoms with Crippen LogP contribution in [0.3, 0.4) is 0 Å². The second-order valence-corrected chi connectivity index (χ2v) is 6.25. The Bertz CT molecular complexity index is 419. The van der Waals surface area contributed by atoms with Gasteiger partial charge in [0, 0.05) is 10.9 Å². The Morgan fingerprint density at radius 3 is 2.58 bits per heavy atom. The molecule has 0 bridgehead atoms. The van der Waals surface area contributed by atoms with Crippen molar-refractivity contribution >= 4 is 15.9 Å². The minimum atomic E-state index is -0.832. The molecule has 2 atom stereocenters. The molecule has 19 heavy (non-hydrogen) atoms. The summed E-state index contributed by atoms with van der Waals surface area (Å²) in [6.07, 6.45) is 4.14. The maximum absolute atomic E-state index is 13.2. The van der Waals surface area contributed by atoms with Gasteiger partial charge in [-0.15, -0.1) is 0 Å². The van der Waals surface area contributed by atoms with E-state index in [4.69, 9.17) is 0 Å². The van der Waals surface area contributed by atoms with Gasteiger partial charge in [-0.1, -0.05) is 35.2 Å². The molecule has 0 heterocycles. The van der Waals surface area contributed by atoms with Crippen LogP contribution in [0.1, 0.15) is 37.7 Å². The number of aliphatic hydroxyl groups is 2. The normalized spacial score (nSPS) is 20.2. The van der Waals surface area contributed by atoms with Gasteiger partial charge >= 0.3 is 0 Å². The topological polar surface area (TPSA) is 40.5 Å². The first kappa shape index (κ1) is 14.9. The van der Waals surface area contributed by atoms with Gasteiger partial charge in [-0.05, 0) is 42.5 Å². The Kier molecular flexibility index (Phi) is 5.37. The summed E-state index contributed by atoms with van der Waals surface area (Å²) < 4.78 is 14.0. The zero-order valence-electron chi connectivity index (χ0n) is 10.9. The molecule has 1 aliphatic rings. The van der Waals surface area contributed by atoms with Crippen LogP contribution in [0.25, 0.3) is 0 Å². The van der Waals surface area contributed by atoms with Crippen molar-refractivity contribution < 1.29 is 14.6 Å². The monoisotopic (exact) mass is 330 g/mol. The van der Waals surface area contributed by atoms with Crippen molar-refractivity contribution in [1.29, 1.82) is 0 Å². The highest BCUT2D eigenvalue weighted by molar-refractivity contribution is 9.10. The highest BCUT2D eigenvalue weighted by atomic mass is 79.9. The number of benzene rings is 1. The van der Waals surface area contributed by atoms with E-state index in [2.05, 4.69) is 15.9 Å². The third-order valence-corrected chi connectivity index (χ3v) is 4.74. The van der Waals surface area contributed by atoms with E-state index in [9.17, 15) is 14.6 Å². The average molecular weight is 331 g/mol. The molecule has 2 rings (SSSR count). The van der Waals surface area contributed by atoms with E-state index in [1.165, 1.54) is 18.6 Å². The molecule has 0 aromatic heterocycles. The van der Waals surface area contributed by atoms with Gasteiger partial charge in [0.1, 0.15) is 5.82 Å². The quantitative estimate of drug-likeness (QED) is 0.887. The van der Waals surface area contributed by atoms with Crippen LogP contribution in [0.4, 0.5) is 4.39 Å². The van der Waals surface area contributed by atoms with Gasteiger partial charge in [-0.3, -0.25) is 0 Å². The predicted molar refractivity (Wildman–Crippen MR) is 76.4 cm³/mol. The number of hydrogen-bond acceptors (Lipinski definition) is 2. The summed E-state index contributed by atoms with van der Waals surface area (Å²) in [5.41, 5.74) is 0.697. The van der Waals surface area contributed by atoms with Crippen molar-refractivity contribution in [3.05, 3.63) is 34.1 Å². The van der Waals surface area contributed by atoms with Gasteiger partial charge in [0.15, 0.2) is 0 Å². The highest BCUT2D eigenvalue weighted by Crippen LogP contribution is 2.29. The minimum absolute atomic E-state index is 0.177. The first-order valence-corrected chi connectivity index (χ1v) is 7.67. The van der Waals surface area contributed by atoms with E-state index in [0.29, 0.717) is 5.56 Å². The molecule has 0 radical (unpaired) electrons. The molecule has 2 nitrogen and oxygen atoms in total. The molecule has 2 unspecified atom stereocenters. The second-order valence-electron chi connectivity index (χ2n) is 5.40. The molecule has 2 N–H and O–H groups in total. The SMILES string of the molecule is OC(Cc1cc(F)ccc1Br)C(O)C1CCCCC1. The van der Waals surface area contributed by atoms with E-state index in [-0.39, 0.29) is 18.2 Å². The first-order chi connectivity index (χ1) is 9.08. The third kappa shape index (κ3) is 4.01. The fourth-order valence-corrected chi connectivity index (χ4v) is 3.24. The zero-order valence-corrected chi connectivity index (χ0v) is 12.4. The van der Waals surface area contributed by atoms with Crippen molar-refractivity contribution in [2.24, 2.45) is 5.92 Å². The molecule has 1 fully saturated rings. The van der Waals surface area contributed by atoms with Crippen molar-refractivity contribution in [2.75, 3.05) is 0 Å². The summed E-state index contributed by atoms with van der Waals surface area (Å²) in [5.74, 6) is -0.145. The predicted octanol–water partition coefficient (Wildman–Crippen LogP) is 3.43. The molecule has 1 aromatic rings. The molecule has 0 amide bonds. The molecule has 0 spiro atoms. The van der Waals surface area contributed by atoms with E-state index >= 15 is 0 Å². The smallest absolute Gasteiger partial charge is 0.123 e. The zero-order chi connectivity index (χ0) is 13.8. The van der Waals surface area contributed by atoms with Crippen LogP contribution in [0.15, 0.2) is 22.7 Å². The first-order valence-electron chi connectivity index (χ1n) is 6.88. The Hall–Kier alpha value is -0.450. The molecular formula is C15H20BrFO2. The summed E-state index contributed by atoms with van der Waals surface area (Å²) in [6, 6.07) is 4.41. The fraction of sp³-hybridized carbons (Fsp3) is 0.600. The Morgan fingerprint density at radius 2 is 1.89 bits per heavy atom. The van der Waals surface area contributed by atoms with Crippen LogP contribution in [-0.2, 0) is 6.42 Å². The van der Waals surface area contributed by atoms with Gasteiger partial charge in [-0.25, -0.2) is 4.39 Å². The van der Waals surface area contributed by atoms with Gasteiger partial charge in [0.2, 0.25) is 0 Å². The Morgan fingerprint density at radius 1 is 1.21 bits per heavy atom. The number of rotatable bonds is 4. The summed E-state index contributed by atoms with van der Waals surface area (Å²) in [4.78, 5) is 0. The van der Waals surface area contributed by atoms with Crippen LogP contribution in [-0.4, -0.2) is 22.4 Å². The van der Waals surface area contributed by atoms with Crippen molar-refractivity contribution in [2.45, 2.75) is 50.7 Å². The number of halogens is 2. The lowest BCUT2D eigenvalue weighted by Crippen LogP contribution is -2.36. The molecular weight excluding hydrogens is 311 g/mol.